The lowest BCUT2D eigenvalue weighted by atomic mass is 9.96. The summed E-state index contributed by atoms with van der Waals surface area (Å²) in [4.78, 5) is 39.2. The van der Waals surface area contributed by atoms with E-state index < -0.39 is 0 Å². The van der Waals surface area contributed by atoms with Crippen molar-refractivity contribution in [3.63, 3.8) is 0 Å². The number of esters is 1. The lowest BCUT2D eigenvalue weighted by Gasteiger charge is -2.34. The molecule has 1 saturated heterocycles. The highest BCUT2D eigenvalue weighted by atomic mass is 32.1. The molecule has 0 N–H and O–H groups in total. The van der Waals surface area contributed by atoms with Crippen LogP contribution >= 0.6 is 11.3 Å². The van der Waals surface area contributed by atoms with Gasteiger partial charge in [-0.15, -0.1) is 11.3 Å². The molecule has 0 radical (unpaired) electrons. The standard InChI is InChI=1S/C30H28NO4S/c1-20(32)35-24-16-14-22(15-17-24)29-27(25-8-4-5-9-26(25)36-29)28(33)21-10-12-23(13-11-21)30(34)31(2)18-6-3-7-19-31/h4-5,8-17H,3,6-7,18-19H2,1-2H3/q+1. The maximum Gasteiger partial charge on any atom is 0.345 e. The Morgan fingerprint density at radius 2 is 1.44 bits per heavy atom. The molecule has 4 aromatic rings. The lowest BCUT2D eigenvalue weighted by molar-refractivity contribution is -0.834. The summed E-state index contributed by atoms with van der Waals surface area (Å²) in [5, 5.41) is 0.901. The second-order valence-electron chi connectivity index (χ2n) is 9.54. The van der Waals surface area contributed by atoms with Crippen molar-refractivity contribution in [3.8, 4) is 16.2 Å². The average molecular weight is 499 g/mol. The van der Waals surface area contributed by atoms with Gasteiger partial charge in [-0.2, -0.15) is 0 Å². The molecule has 0 aliphatic carbocycles. The maximum atomic E-state index is 13.8. The van der Waals surface area contributed by atoms with Crippen LogP contribution in [0.15, 0.2) is 72.8 Å². The van der Waals surface area contributed by atoms with Gasteiger partial charge in [0.15, 0.2) is 5.78 Å². The highest BCUT2D eigenvalue weighted by Gasteiger charge is 2.34. The zero-order valence-corrected chi connectivity index (χ0v) is 21.3. The summed E-state index contributed by atoms with van der Waals surface area (Å²) < 4.78 is 6.61. The number of hydrogen-bond donors (Lipinski definition) is 0. The molecule has 0 saturated carbocycles. The Morgan fingerprint density at radius 3 is 2.11 bits per heavy atom. The van der Waals surface area contributed by atoms with E-state index in [2.05, 4.69) is 0 Å². The highest BCUT2D eigenvalue weighted by molar-refractivity contribution is 7.22. The third-order valence-corrected chi connectivity index (χ3v) is 8.11. The van der Waals surface area contributed by atoms with E-state index in [0.29, 0.717) is 26.9 Å². The van der Waals surface area contributed by atoms with Gasteiger partial charge >= 0.3 is 11.9 Å². The number of amides is 1. The van der Waals surface area contributed by atoms with Crippen LogP contribution in [0.3, 0.4) is 0 Å². The summed E-state index contributed by atoms with van der Waals surface area (Å²) in [5.41, 5.74) is 2.72. The van der Waals surface area contributed by atoms with Crippen molar-refractivity contribution < 1.29 is 23.6 Å². The molecule has 36 heavy (non-hydrogen) atoms. The van der Waals surface area contributed by atoms with E-state index >= 15 is 0 Å². The molecule has 0 atom stereocenters. The van der Waals surface area contributed by atoms with Gasteiger partial charge in [0.25, 0.3) is 0 Å². The van der Waals surface area contributed by atoms with E-state index in [1.54, 1.807) is 47.7 Å². The molecular formula is C30H28NO4S+. The first kappa shape index (κ1) is 24.1. The Bertz CT molecular complexity index is 1440. The molecule has 182 valence electrons. The number of quaternary nitrogens is 1. The zero-order chi connectivity index (χ0) is 25.3. The van der Waals surface area contributed by atoms with E-state index in [9.17, 15) is 14.4 Å². The number of hydrogen-bond acceptors (Lipinski definition) is 5. The van der Waals surface area contributed by atoms with Gasteiger partial charge in [0.1, 0.15) is 5.75 Å². The molecule has 1 aromatic heterocycles. The van der Waals surface area contributed by atoms with Crippen molar-refractivity contribution in [2.24, 2.45) is 0 Å². The second-order valence-corrected chi connectivity index (χ2v) is 10.6. The van der Waals surface area contributed by atoms with Gasteiger partial charge in [0.05, 0.1) is 25.7 Å². The molecule has 5 rings (SSSR count). The van der Waals surface area contributed by atoms with E-state index in [4.69, 9.17) is 4.74 Å². The first-order valence-corrected chi connectivity index (χ1v) is 13.0. The quantitative estimate of drug-likeness (QED) is 0.136. The van der Waals surface area contributed by atoms with Gasteiger partial charge in [-0.1, -0.05) is 30.3 Å². The van der Waals surface area contributed by atoms with Crippen molar-refractivity contribution in [3.05, 3.63) is 89.5 Å². The third-order valence-electron chi connectivity index (χ3n) is 6.89. The van der Waals surface area contributed by atoms with Crippen LogP contribution in [-0.2, 0) is 4.79 Å². The molecule has 0 spiro atoms. The van der Waals surface area contributed by atoms with Crippen molar-refractivity contribution in [2.75, 3.05) is 20.1 Å². The molecule has 1 amide bonds. The fraction of sp³-hybridized carbons (Fsp3) is 0.233. The van der Waals surface area contributed by atoms with Crippen LogP contribution in [0.2, 0.25) is 0 Å². The van der Waals surface area contributed by atoms with Crippen LogP contribution in [0.5, 0.6) is 5.75 Å². The van der Waals surface area contributed by atoms with Gasteiger partial charge in [-0.05, 0) is 67.3 Å². The van der Waals surface area contributed by atoms with Crippen LogP contribution < -0.4 is 4.74 Å². The van der Waals surface area contributed by atoms with Crippen molar-refractivity contribution >= 4 is 39.1 Å². The molecule has 1 fully saturated rings. The Morgan fingerprint density at radius 1 is 0.806 bits per heavy atom. The first-order valence-electron chi connectivity index (χ1n) is 12.2. The minimum Gasteiger partial charge on any atom is -0.427 e. The molecular weight excluding hydrogens is 470 g/mol. The number of ketones is 1. The second kappa shape index (κ2) is 9.80. The third kappa shape index (κ3) is 4.62. The van der Waals surface area contributed by atoms with Crippen molar-refractivity contribution in [1.82, 2.24) is 0 Å². The fourth-order valence-corrected chi connectivity index (χ4v) is 6.15. The monoisotopic (exact) mass is 498 g/mol. The topological polar surface area (TPSA) is 60.4 Å². The first-order chi connectivity index (χ1) is 17.4. The fourth-order valence-electron chi connectivity index (χ4n) is 4.95. The van der Waals surface area contributed by atoms with E-state index in [1.165, 1.54) is 13.3 Å². The molecule has 5 nitrogen and oxygen atoms in total. The number of carbonyl (C=O) groups is 3. The molecule has 2 heterocycles. The van der Waals surface area contributed by atoms with Gasteiger partial charge < -0.3 is 4.74 Å². The Labute approximate surface area is 214 Å². The van der Waals surface area contributed by atoms with Gasteiger partial charge in [0, 0.05) is 33.0 Å². The number of rotatable bonds is 5. The molecule has 1 aliphatic heterocycles. The predicted molar refractivity (Wildman–Crippen MR) is 143 cm³/mol. The Balaban J connectivity index is 1.49. The van der Waals surface area contributed by atoms with E-state index in [0.717, 1.165) is 46.5 Å². The minimum absolute atomic E-state index is 0.0797. The number of benzene rings is 3. The molecule has 3 aromatic carbocycles. The normalized spacial score (nSPS) is 14.9. The van der Waals surface area contributed by atoms with Gasteiger partial charge in [-0.3, -0.25) is 14.1 Å². The largest absolute Gasteiger partial charge is 0.427 e. The Kier molecular flexibility index (Phi) is 6.56. The van der Waals surface area contributed by atoms with Crippen molar-refractivity contribution in [1.29, 1.82) is 0 Å². The molecule has 0 bridgehead atoms. The summed E-state index contributed by atoms with van der Waals surface area (Å²) in [5.74, 6) is 0.122. The highest BCUT2D eigenvalue weighted by Crippen LogP contribution is 2.40. The number of piperidine rings is 1. The van der Waals surface area contributed by atoms with Crippen LogP contribution in [0.4, 0.5) is 0 Å². The summed E-state index contributed by atoms with van der Waals surface area (Å²) in [7, 11) is 2.01. The number of thiophene rings is 1. The lowest BCUT2D eigenvalue weighted by Crippen LogP contribution is -2.52. The van der Waals surface area contributed by atoms with E-state index in [1.807, 2.05) is 43.4 Å². The van der Waals surface area contributed by atoms with Gasteiger partial charge in [0.2, 0.25) is 0 Å². The average Bonchev–Trinajstić information content (AvgIpc) is 3.28. The summed E-state index contributed by atoms with van der Waals surface area (Å²) in [6.45, 7) is 3.09. The van der Waals surface area contributed by atoms with Crippen LogP contribution in [-0.4, -0.2) is 42.3 Å². The summed E-state index contributed by atoms with van der Waals surface area (Å²) in [6, 6.07) is 22.2. The maximum absolute atomic E-state index is 13.8. The van der Waals surface area contributed by atoms with Crippen LogP contribution in [0.25, 0.3) is 20.5 Å². The smallest absolute Gasteiger partial charge is 0.345 e. The number of nitrogens with zero attached hydrogens (tertiary/aromatic N) is 1. The number of carbonyl (C=O) groups excluding carboxylic acids is 3. The predicted octanol–water partition coefficient (Wildman–Crippen LogP) is 6.50. The van der Waals surface area contributed by atoms with Gasteiger partial charge in [-0.25, -0.2) is 4.79 Å². The van der Waals surface area contributed by atoms with Crippen LogP contribution in [0.1, 0.15) is 52.5 Å². The molecule has 0 unspecified atom stereocenters. The summed E-state index contributed by atoms with van der Waals surface area (Å²) >= 11 is 1.56. The number of likely N-dealkylation sites (tertiary alicyclic amines) is 1. The van der Waals surface area contributed by atoms with Crippen molar-refractivity contribution in [2.45, 2.75) is 26.2 Å². The minimum atomic E-state index is -0.376. The van der Waals surface area contributed by atoms with E-state index in [-0.39, 0.29) is 17.7 Å². The van der Waals surface area contributed by atoms with Crippen LogP contribution in [0, 0.1) is 0 Å². The Hall–Kier alpha value is -3.61. The zero-order valence-electron chi connectivity index (χ0n) is 20.5. The SMILES string of the molecule is CC(=O)Oc1ccc(-c2sc3ccccc3c2C(=O)c2ccc(C(=O)[N+]3(C)CCCCC3)cc2)cc1. The molecule has 1 aliphatic rings. The number of ether oxygens (including phenoxy) is 1. The summed E-state index contributed by atoms with van der Waals surface area (Å²) in [6.07, 6.45) is 3.31. The molecule has 6 heteroatoms. The number of fused-ring (bicyclic) bond motifs is 1.